The van der Waals surface area contributed by atoms with Crippen LogP contribution in [0.4, 0.5) is 11.8 Å². The Morgan fingerprint density at radius 3 is 2.77 bits per heavy atom. The fourth-order valence-electron chi connectivity index (χ4n) is 5.17. The Morgan fingerprint density at radius 1 is 1.19 bits per heavy atom. The summed E-state index contributed by atoms with van der Waals surface area (Å²) in [7, 11) is -3.37. The Kier molecular flexibility index (Phi) is 8.35. The Morgan fingerprint density at radius 2 is 2.00 bits per heavy atom. The molecule has 2 fully saturated rings. The molecule has 8 atom stereocenters. The van der Waals surface area contributed by atoms with Crippen LogP contribution in [-0.4, -0.2) is 86.6 Å². The van der Waals surface area contributed by atoms with E-state index in [1.807, 2.05) is 0 Å². The third-order valence-corrected chi connectivity index (χ3v) is 9.12. The van der Waals surface area contributed by atoms with Crippen molar-refractivity contribution < 1.29 is 42.5 Å². The van der Waals surface area contributed by atoms with Crippen molar-refractivity contribution in [3.8, 4) is 0 Å². The van der Waals surface area contributed by atoms with E-state index in [0.29, 0.717) is 11.0 Å². The lowest BCUT2D eigenvalue weighted by molar-refractivity contribution is -0.0530. The lowest BCUT2D eigenvalue weighted by Crippen LogP contribution is -2.28. The standard InChI is InChI=1S/C21H27N9O10P2S/c22-16-10-1-2-29(17(10)25-7-24-16)14-4-11(39-41(33)34)13(38-14)6-36-42(35,43)40-12-3-9(5-31)37-20(12)30-8-26-15-18(30)27-21(23)28-19(15)32/h1-2,7-9,11-14,20,31,41H,3-6H2,(H,33,34)(H,35,43)(H2,22,24,25)(H3,23,27,28,32)/t9-,11-,12+,13+,14+,20+,42?/m0/s1. The number of nitrogens with one attached hydrogen (secondary N) is 1. The summed E-state index contributed by atoms with van der Waals surface area (Å²) in [5.41, 5.74) is 11.6. The van der Waals surface area contributed by atoms with Crippen LogP contribution in [0.15, 0.2) is 29.7 Å². The van der Waals surface area contributed by atoms with Crippen LogP contribution in [0.1, 0.15) is 25.3 Å². The van der Waals surface area contributed by atoms with Crippen LogP contribution in [0, 0.1) is 0 Å². The molecule has 8 N–H and O–H groups in total. The van der Waals surface area contributed by atoms with Crippen molar-refractivity contribution >= 4 is 60.7 Å². The number of nitrogens with zero attached hydrogens (tertiary/aromatic N) is 6. The van der Waals surface area contributed by atoms with E-state index < -0.39 is 57.4 Å². The third kappa shape index (κ3) is 6.09. The number of aliphatic hydroxyl groups is 1. The Hall–Kier alpha value is -2.87. The fraction of sp³-hybridized carbons (Fsp3) is 0.476. The highest BCUT2D eigenvalue weighted by Crippen LogP contribution is 2.50. The van der Waals surface area contributed by atoms with Crippen molar-refractivity contribution in [2.75, 3.05) is 24.7 Å². The van der Waals surface area contributed by atoms with Crippen LogP contribution >= 0.6 is 15.0 Å². The number of ether oxygens (including phenoxy) is 2. The van der Waals surface area contributed by atoms with Gasteiger partial charge in [-0.1, -0.05) is 0 Å². The summed E-state index contributed by atoms with van der Waals surface area (Å²) >= 11 is 5.27. The molecule has 6 rings (SSSR count). The molecule has 2 unspecified atom stereocenters. The van der Waals surface area contributed by atoms with Crippen molar-refractivity contribution in [3.05, 3.63) is 35.3 Å². The van der Waals surface area contributed by atoms with Crippen molar-refractivity contribution in [3.63, 3.8) is 0 Å². The summed E-state index contributed by atoms with van der Waals surface area (Å²) in [4.78, 5) is 51.5. The first-order valence-corrected chi connectivity index (χ1v) is 16.6. The second-order valence-corrected chi connectivity index (χ2v) is 13.3. The van der Waals surface area contributed by atoms with Gasteiger partial charge in [-0.3, -0.25) is 18.9 Å². The highest BCUT2D eigenvalue weighted by atomic mass is 32.5. The van der Waals surface area contributed by atoms with Gasteiger partial charge < -0.3 is 54.0 Å². The summed E-state index contributed by atoms with van der Waals surface area (Å²) in [6.07, 6.45) is -0.633. The van der Waals surface area contributed by atoms with E-state index in [1.165, 1.54) is 17.2 Å². The molecular weight excluding hydrogens is 632 g/mol. The van der Waals surface area contributed by atoms with Crippen LogP contribution in [0.2, 0.25) is 0 Å². The number of fused-ring (bicyclic) bond motifs is 2. The maximum Gasteiger partial charge on any atom is 0.325 e. The normalized spacial score (nSPS) is 28.1. The molecule has 4 aromatic rings. The molecule has 0 bridgehead atoms. The number of nitrogens with two attached hydrogens (primary N) is 2. The minimum Gasteiger partial charge on any atom is -0.394 e. The van der Waals surface area contributed by atoms with E-state index in [4.69, 9.17) is 46.3 Å². The molecule has 0 aliphatic carbocycles. The Balaban J connectivity index is 1.18. The molecule has 22 heteroatoms. The molecule has 232 valence electrons. The van der Waals surface area contributed by atoms with Crippen LogP contribution in [0.25, 0.3) is 22.2 Å². The van der Waals surface area contributed by atoms with Crippen LogP contribution in [-0.2, 0) is 39.4 Å². The van der Waals surface area contributed by atoms with E-state index in [0.717, 1.165) is 0 Å². The fourth-order valence-corrected chi connectivity index (χ4v) is 7.12. The zero-order valence-corrected chi connectivity index (χ0v) is 24.7. The average Bonchev–Trinajstić information content (AvgIpc) is 3.72. The van der Waals surface area contributed by atoms with Gasteiger partial charge in [0.1, 0.15) is 36.2 Å². The highest BCUT2D eigenvalue weighted by Gasteiger charge is 2.43. The molecule has 0 saturated carbocycles. The second-order valence-electron chi connectivity index (χ2n) is 9.76. The first-order valence-electron chi connectivity index (χ1n) is 12.8. The predicted molar refractivity (Wildman–Crippen MR) is 152 cm³/mol. The quantitative estimate of drug-likeness (QED) is 0.119. The zero-order valence-electron chi connectivity index (χ0n) is 22.0. The monoisotopic (exact) mass is 659 g/mol. The highest BCUT2D eigenvalue weighted by molar-refractivity contribution is 8.07. The van der Waals surface area contributed by atoms with Crippen molar-refractivity contribution in [2.45, 2.75) is 49.7 Å². The van der Waals surface area contributed by atoms with Crippen LogP contribution in [0.3, 0.4) is 0 Å². The summed E-state index contributed by atoms with van der Waals surface area (Å²) < 4.78 is 43.3. The van der Waals surface area contributed by atoms with Gasteiger partial charge in [-0.15, -0.1) is 0 Å². The van der Waals surface area contributed by atoms with E-state index in [2.05, 4.69) is 24.9 Å². The number of aromatic nitrogens is 7. The number of imidazole rings is 1. The van der Waals surface area contributed by atoms with Gasteiger partial charge in [-0.05, 0) is 17.9 Å². The maximum absolute atomic E-state index is 12.2. The molecule has 0 radical (unpaired) electrons. The van der Waals surface area contributed by atoms with Gasteiger partial charge in [-0.2, -0.15) is 4.98 Å². The number of rotatable bonds is 10. The van der Waals surface area contributed by atoms with E-state index in [9.17, 15) is 24.3 Å². The Labute approximate surface area is 246 Å². The van der Waals surface area contributed by atoms with Crippen molar-refractivity contribution in [2.24, 2.45) is 0 Å². The molecule has 4 aromatic heterocycles. The summed E-state index contributed by atoms with van der Waals surface area (Å²) in [5.74, 6) is 0.130. The average molecular weight is 660 g/mol. The number of nitrogen functional groups attached to an aromatic ring is 2. The minimum atomic E-state index is -4.02. The molecule has 2 aliphatic rings. The van der Waals surface area contributed by atoms with Crippen LogP contribution < -0.4 is 17.0 Å². The van der Waals surface area contributed by atoms with E-state index >= 15 is 0 Å². The topological polar surface area (TPSA) is 270 Å². The lowest BCUT2D eigenvalue weighted by Gasteiger charge is -2.26. The minimum absolute atomic E-state index is 0.00422. The molecule has 19 nitrogen and oxygen atoms in total. The Bertz CT molecular complexity index is 1780. The molecule has 0 aromatic carbocycles. The molecule has 2 saturated heterocycles. The second kappa shape index (κ2) is 11.9. The molecule has 2 aliphatic heterocycles. The summed E-state index contributed by atoms with van der Waals surface area (Å²) in [6, 6.07) is 1.72. The first-order chi connectivity index (χ1) is 20.5. The number of hydrogen-bond acceptors (Lipinski definition) is 15. The predicted octanol–water partition coefficient (Wildman–Crippen LogP) is -0.318. The van der Waals surface area contributed by atoms with Gasteiger partial charge in [0.05, 0.1) is 37.1 Å². The number of aliphatic hydroxyl groups excluding tert-OH is 1. The zero-order chi connectivity index (χ0) is 30.5. The SMILES string of the molecule is Nc1nc2c(ncn2[C@@H]2O[C@H](CO)C[C@H]2OP(O)(=S)OC[C@H]2O[C@@H](n3ccc4c(N)ncnc43)C[C@@H]2O[PH](=O)O)c(=O)[nH]1. The van der Waals surface area contributed by atoms with Gasteiger partial charge in [0, 0.05) is 19.0 Å². The number of anilines is 2. The van der Waals surface area contributed by atoms with Gasteiger partial charge in [0.25, 0.3) is 5.56 Å². The molecule has 0 amide bonds. The van der Waals surface area contributed by atoms with Crippen LogP contribution in [0.5, 0.6) is 0 Å². The van der Waals surface area contributed by atoms with Gasteiger partial charge >= 0.3 is 15.0 Å². The number of aromatic amines is 1. The molecule has 0 spiro atoms. The largest absolute Gasteiger partial charge is 0.394 e. The first kappa shape index (κ1) is 30.2. The number of H-pyrrole nitrogens is 1. The lowest BCUT2D eigenvalue weighted by atomic mass is 10.2. The van der Waals surface area contributed by atoms with Gasteiger partial charge in [-0.25, -0.2) is 15.0 Å². The molecule has 6 heterocycles. The molecular formula is C21H27N9O10P2S. The van der Waals surface area contributed by atoms with Crippen molar-refractivity contribution in [1.29, 1.82) is 0 Å². The summed E-state index contributed by atoms with van der Waals surface area (Å²) in [6.45, 7) is -4.75. The third-order valence-electron chi connectivity index (χ3n) is 7.03. The smallest absolute Gasteiger partial charge is 0.325 e. The van der Waals surface area contributed by atoms with E-state index in [-0.39, 0.29) is 49.0 Å². The number of hydrogen-bond donors (Lipinski definition) is 6. The van der Waals surface area contributed by atoms with Gasteiger partial charge in [0.2, 0.25) is 5.95 Å². The summed E-state index contributed by atoms with van der Waals surface area (Å²) in [5, 5.41) is 10.3. The van der Waals surface area contributed by atoms with E-state index in [1.54, 1.807) is 16.8 Å². The van der Waals surface area contributed by atoms with Crippen molar-refractivity contribution in [1.82, 2.24) is 34.1 Å². The maximum atomic E-state index is 12.2. The van der Waals surface area contributed by atoms with Gasteiger partial charge in [0.15, 0.2) is 17.4 Å². The molecule has 43 heavy (non-hydrogen) atoms.